The molecule has 8 heteroatoms. The lowest BCUT2D eigenvalue weighted by Gasteiger charge is -2.49. The highest BCUT2D eigenvalue weighted by atomic mass is 16.5. The van der Waals surface area contributed by atoms with Crippen molar-refractivity contribution in [3.05, 3.63) is 107 Å². The molecule has 3 aliphatic heterocycles. The first-order valence-corrected chi connectivity index (χ1v) is 14.7. The van der Waals surface area contributed by atoms with E-state index in [0.717, 1.165) is 60.2 Å². The number of piperazine rings is 1. The lowest BCUT2D eigenvalue weighted by Crippen LogP contribution is -2.65. The SMILES string of the molecule is COC(=O)c1ccc(C2c3[nH]c4ccccc4c3C[C@H]3C(=O)N(C4CCN(Cc5ccccc5)CC4)CC(=O)N23)cc1. The van der Waals surface area contributed by atoms with E-state index in [1.807, 2.05) is 41.3 Å². The molecule has 4 heterocycles. The fraction of sp³-hybridized carbons (Fsp3) is 0.324. The topological polar surface area (TPSA) is 86.0 Å². The maximum absolute atomic E-state index is 14.3. The molecule has 0 saturated carbocycles. The fourth-order valence-electron chi connectivity index (χ4n) is 7.09. The normalized spacial score (nSPS) is 21.4. The zero-order valence-electron chi connectivity index (χ0n) is 23.7. The van der Waals surface area contributed by atoms with Crippen molar-refractivity contribution in [1.82, 2.24) is 19.7 Å². The maximum Gasteiger partial charge on any atom is 0.337 e. The van der Waals surface area contributed by atoms with Crippen LogP contribution < -0.4 is 0 Å². The van der Waals surface area contributed by atoms with Crippen molar-refractivity contribution in [2.24, 2.45) is 0 Å². The Morgan fingerprint density at radius 1 is 0.929 bits per heavy atom. The van der Waals surface area contributed by atoms with Gasteiger partial charge in [-0.1, -0.05) is 60.7 Å². The van der Waals surface area contributed by atoms with Gasteiger partial charge in [-0.25, -0.2) is 4.79 Å². The van der Waals surface area contributed by atoms with Crippen LogP contribution in [0, 0.1) is 0 Å². The van der Waals surface area contributed by atoms with Crippen molar-refractivity contribution >= 4 is 28.7 Å². The minimum absolute atomic E-state index is 0.0308. The Bertz CT molecular complexity index is 1640. The van der Waals surface area contributed by atoms with Crippen molar-refractivity contribution in [2.75, 3.05) is 26.7 Å². The number of para-hydroxylation sites is 1. The molecule has 0 radical (unpaired) electrons. The van der Waals surface area contributed by atoms with Crippen molar-refractivity contribution in [3.63, 3.8) is 0 Å². The molecule has 7 rings (SSSR count). The van der Waals surface area contributed by atoms with Gasteiger partial charge in [-0.3, -0.25) is 14.5 Å². The molecule has 0 spiro atoms. The number of nitrogens with zero attached hydrogens (tertiary/aromatic N) is 3. The van der Waals surface area contributed by atoms with Crippen molar-refractivity contribution in [2.45, 2.75) is 43.9 Å². The van der Waals surface area contributed by atoms with Gasteiger partial charge >= 0.3 is 5.97 Å². The smallest absolute Gasteiger partial charge is 0.337 e. The van der Waals surface area contributed by atoms with Crippen LogP contribution in [0.1, 0.15) is 51.6 Å². The number of H-pyrrole nitrogens is 1. The first-order valence-electron chi connectivity index (χ1n) is 14.7. The van der Waals surface area contributed by atoms with E-state index in [0.29, 0.717) is 12.0 Å². The number of carbonyl (C=O) groups is 3. The number of amides is 2. The molecule has 8 nitrogen and oxygen atoms in total. The lowest BCUT2D eigenvalue weighted by atomic mass is 9.85. The van der Waals surface area contributed by atoms with Crippen LogP contribution in [0.2, 0.25) is 0 Å². The van der Waals surface area contributed by atoms with Gasteiger partial charge in [0.15, 0.2) is 0 Å². The van der Waals surface area contributed by atoms with Crippen LogP contribution in [0.15, 0.2) is 78.9 Å². The summed E-state index contributed by atoms with van der Waals surface area (Å²) in [6, 6.07) is 24.7. The Labute approximate surface area is 244 Å². The molecule has 1 unspecified atom stereocenters. The molecule has 2 amide bonds. The van der Waals surface area contributed by atoms with Gasteiger partial charge in [0.1, 0.15) is 12.6 Å². The standard InChI is InChI=1S/C34H34N4O4/c1-42-34(41)24-13-11-23(12-14-24)32-31-27(26-9-5-6-10-28(26)35-31)19-29-33(40)37(21-30(39)38(29)32)25-15-17-36(18-16-25)20-22-7-3-2-4-8-22/h2-14,25,29,32,35H,15-21H2,1H3/t29-,32?/m0/s1. The number of piperidine rings is 1. The van der Waals surface area contributed by atoms with E-state index in [2.05, 4.69) is 40.2 Å². The largest absolute Gasteiger partial charge is 0.465 e. The zero-order valence-corrected chi connectivity index (χ0v) is 23.7. The third kappa shape index (κ3) is 4.56. The first kappa shape index (κ1) is 26.5. The van der Waals surface area contributed by atoms with Gasteiger partial charge in [-0.15, -0.1) is 0 Å². The molecule has 214 valence electrons. The number of esters is 1. The van der Waals surface area contributed by atoms with E-state index < -0.39 is 18.1 Å². The number of hydrogen-bond donors (Lipinski definition) is 1. The number of ether oxygens (including phenoxy) is 1. The fourth-order valence-corrected chi connectivity index (χ4v) is 7.09. The second kappa shape index (κ2) is 10.8. The summed E-state index contributed by atoms with van der Waals surface area (Å²) < 4.78 is 4.88. The van der Waals surface area contributed by atoms with Gasteiger partial charge in [0.25, 0.3) is 0 Å². The third-order valence-electron chi connectivity index (χ3n) is 9.19. The predicted octanol–water partition coefficient (Wildman–Crippen LogP) is 4.30. The molecule has 2 atom stereocenters. The van der Waals surface area contributed by atoms with Crippen molar-refractivity contribution < 1.29 is 19.1 Å². The van der Waals surface area contributed by atoms with Crippen LogP contribution in [0.25, 0.3) is 10.9 Å². The van der Waals surface area contributed by atoms with Crippen LogP contribution in [0.5, 0.6) is 0 Å². The van der Waals surface area contributed by atoms with E-state index in [1.165, 1.54) is 12.7 Å². The highest BCUT2D eigenvalue weighted by molar-refractivity contribution is 5.98. The summed E-state index contributed by atoms with van der Waals surface area (Å²) in [5.41, 5.74) is 5.58. The number of likely N-dealkylation sites (tertiary alicyclic amines) is 1. The van der Waals surface area contributed by atoms with Gasteiger partial charge < -0.3 is 19.5 Å². The minimum Gasteiger partial charge on any atom is -0.465 e. The van der Waals surface area contributed by atoms with E-state index in [9.17, 15) is 14.4 Å². The molecule has 1 aromatic heterocycles. The minimum atomic E-state index is -0.578. The molecule has 0 bridgehead atoms. The Balaban J connectivity index is 1.18. The molecular weight excluding hydrogens is 528 g/mol. The summed E-state index contributed by atoms with van der Waals surface area (Å²) in [6.07, 6.45) is 2.19. The van der Waals surface area contributed by atoms with Crippen molar-refractivity contribution in [3.8, 4) is 0 Å². The summed E-state index contributed by atoms with van der Waals surface area (Å²) in [4.78, 5) is 50.0. The predicted molar refractivity (Wildman–Crippen MR) is 159 cm³/mol. The molecule has 42 heavy (non-hydrogen) atoms. The highest BCUT2D eigenvalue weighted by Gasteiger charge is 2.49. The Hall–Kier alpha value is -4.43. The Morgan fingerprint density at radius 3 is 2.38 bits per heavy atom. The number of aromatic amines is 1. The molecule has 2 saturated heterocycles. The van der Waals surface area contributed by atoms with Gasteiger partial charge in [-0.05, 0) is 47.7 Å². The van der Waals surface area contributed by atoms with Crippen LogP contribution in [0.3, 0.4) is 0 Å². The molecule has 3 aliphatic rings. The number of hydrogen-bond acceptors (Lipinski definition) is 5. The zero-order chi connectivity index (χ0) is 28.8. The van der Waals surface area contributed by atoms with E-state index in [1.54, 1.807) is 17.0 Å². The lowest BCUT2D eigenvalue weighted by molar-refractivity contribution is -0.161. The monoisotopic (exact) mass is 562 g/mol. The summed E-state index contributed by atoms with van der Waals surface area (Å²) in [7, 11) is 1.36. The summed E-state index contributed by atoms with van der Waals surface area (Å²) in [5.74, 6) is -0.426. The molecule has 3 aromatic carbocycles. The second-order valence-electron chi connectivity index (χ2n) is 11.6. The van der Waals surface area contributed by atoms with E-state index >= 15 is 0 Å². The van der Waals surface area contributed by atoms with E-state index in [4.69, 9.17) is 4.74 Å². The molecule has 0 aliphatic carbocycles. The highest BCUT2D eigenvalue weighted by Crippen LogP contribution is 2.43. The number of rotatable bonds is 5. The summed E-state index contributed by atoms with van der Waals surface area (Å²) in [5, 5.41) is 1.08. The van der Waals surface area contributed by atoms with E-state index in [-0.39, 0.29) is 24.4 Å². The molecule has 4 aromatic rings. The first-order chi connectivity index (χ1) is 20.5. The van der Waals surface area contributed by atoms with Gasteiger partial charge in [0.05, 0.1) is 18.7 Å². The number of methoxy groups -OCH3 is 1. The van der Waals surface area contributed by atoms with Crippen molar-refractivity contribution in [1.29, 1.82) is 0 Å². The number of benzene rings is 3. The average Bonchev–Trinajstić information content (AvgIpc) is 3.41. The van der Waals surface area contributed by atoms with Gasteiger partial charge in [-0.2, -0.15) is 0 Å². The molecule has 2 fully saturated rings. The second-order valence-corrected chi connectivity index (χ2v) is 11.6. The maximum atomic E-state index is 14.3. The number of nitrogens with one attached hydrogen (secondary N) is 1. The third-order valence-corrected chi connectivity index (χ3v) is 9.19. The van der Waals surface area contributed by atoms with Gasteiger partial charge in [0.2, 0.25) is 11.8 Å². The Morgan fingerprint density at radius 2 is 1.64 bits per heavy atom. The molecular formula is C34H34N4O4. The average molecular weight is 563 g/mol. The summed E-state index contributed by atoms with van der Waals surface area (Å²) in [6.45, 7) is 2.78. The quantitative estimate of drug-likeness (QED) is 0.367. The number of aromatic nitrogens is 1. The van der Waals surface area contributed by atoms with Crippen LogP contribution in [0.4, 0.5) is 0 Å². The number of carbonyl (C=O) groups excluding carboxylic acids is 3. The van der Waals surface area contributed by atoms with Gasteiger partial charge in [0, 0.05) is 48.7 Å². The van der Waals surface area contributed by atoms with Crippen LogP contribution >= 0.6 is 0 Å². The summed E-state index contributed by atoms with van der Waals surface area (Å²) >= 11 is 0. The molecule has 1 N–H and O–H groups in total. The number of fused-ring (bicyclic) bond motifs is 4. The van der Waals surface area contributed by atoms with Crippen LogP contribution in [-0.2, 0) is 27.3 Å². The van der Waals surface area contributed by atoms with Crippen LogP contribution in [-0.4, -0.2) is 76.3 Å². The Kier molecular flexibility index (Phi) is 6.78.